The number of thioether (sulfide) groups is 1. The van der Waals surface area contributed by atoms with Gasteiger partial charge in [0.15, 0.2) is 0 Å². The molecule has 1 aliphatic rings. The van der Waals surface area contributed by atoms with Gasteiger partial charge in [0.2, 0.25) is 5.91 Å². The number of anilines is 1. The van der Waals surface area contributed by atoms with Crippen LogP contribution in [0.1, 0.15) is 40.9 Å². The number of carbonyl (C=O) groups is 2. The van der Waals surface area contributed by atoms with Gasteiger partial charge in [-0.15, -0.1) is 11.8 Å². The molecule has 2 amide bonds. The highest BCUT2D eigenvalue weighted by Gasteiger charge is 2.30. The third kappa shape index (κ3) is 4.63. The third-order valence-corrected chi connectivity index (χ3v) is 5.24. The monoisotopic (exact) mass is 394 g/mol. The Labute approximate surface area is 158 Å². The number of carbonyl (C=O) groups excluding carboxylic acids is 2. The van der Waals surface area contributed by atoms with Gasteiger partial charge < -0.3 is 10.6 Å². The molecule has 1 atom stereocenters. The van der Waals surface area contributed by atoms with E-state index in [1.165, 1.54) is 23.9 Å². The zero-order valence-electron chi connectivity index (χ0n) is 14.4. The number of hydrogen-bond donors (Lipinski definition) is 2. The first-order valence-corrected chi connectivity index (χ1v) is 9.27. The van der Waals surface area contributed by atoms with Gasteiger partial charge in [0.25, 0.3) is 5.91 Å². The van der Waals surface area contributed by atoms with Gasteiger partial charge in [-0.05, 0) is 42.8 Å². The van der Waals surface area contributed by atoms with Crippen LogP contribution in [0.3, 0.4) is 0 Å². The van der Waals surface area contributed by atoms with Crippen LogP contribution in [0.2, 0.25) is 0 Å². The van der Waals surface area contributed by atoms with E-state index >= 15 is 0 Å². The summed E-state index contributed by atoms with van der Waals surface area (Å²) in [5, 5.41) is 5.46. The molecule has 0 fully saturated rings. The van der Waals surface area contributed by atoms with Crippen LogP contribution < -0.4 is 10.6 Å². The second-order valence-electron chi connectivity index (χ2n) is 6.18. The molecule has 2 aromatic carbocycles. The highest BCUT2D eigenvalue weighted by molar-refractivity contribution is 7.99. The number of nitrogens with one attached hydrogen (secondary N) is 2. The van der Waals surface area contributed by atoms with E-state index < -0.39 is 23.7 Å². The third-order valence-electron chi connectivity index (χ3n) is 4.16. The summed E-state index contributed by atoms with van der Waals surface area (Å²) in [6, 6.07) is 9.24. The predicted molar refractivity (Wildman–Crippen MR) is 97.7 cm³/mol. The van der Waals surface area contributed by atoms with Gasteiger partial charge in [-0.2, -0.15) is 13.2 Å². The smallest absolute Gasteiger partial charge is 0.346 e. The fraction of sp³-hybridized carbons (Fsp3) is 0.263. The second kappa shape index (κ2) is 7.64. The molecular weight excluding hydrogens is 377 g/mol. The second-order valence-corrected chi connectivity index (χ2v) is 7.31. The zero-order chi connectivity index (χ0) is 19.6. The van der Waals surface area contributed by atoms with Gasteiger partial charge in [-0.25, -0.2) is 0 Å². The van der Waals surface area contributed by atoms with Gasteiger partial charge in [-0.3, -0.25) is 9.59 Å². The molecule has 4 nitrogen and oxygen atoms in total. The number of amides is 2. The average Bonchev–Trinajstić information content (AvgIpc) is 2.80. The first-order valence-electron chi connectivity index (χ1n) is 8.29. The van der Waals surface area contributed by atoms with E-state index in [4.69, 9.17) is 0 Å². The van der Waals surface area contributed by atoms with E-state index in [0.29, 0.717) is 29.0 Å². The van der Waals surface area contributed by atoms with Crippen molar-refractivity contribution in [1.82, 2.24) is 5.32 Å². The summed E-state index contributed by atoms with van der Waals surface area (Å²) in [6.07, 6.45) is -4.04. The first-order chi connectivity index (χ1) is 12.7. The lowest BCUT2D eigenvalue weighted by Gasteiger charge is -2.17. The molecule has 142 valence electrons. The van der Waals surface area contributed by atoms with Crippen molar-refractivity contribution >= 4 is 29.3 Å². The lowest BCUT2D eigenvalue weighted by Crippen LogP contribution is -2.27. The van der Waals surface area contributed by atoms with E-state index in [-0.39, 0.29) is 5.91 Å². The predicted octanol–water partition coefficient (Wildman–Crippen LogP) is 4.63. The molecule has 1 aliphatic heterocycles. The largest absolute Gasteiger partial charge is 0.416 e. The minimum atomic E-state index is -4.44. The van der Waals surface area contributed by atoms with Crippen molar-refractivity contribution in [3.63, 3.8) is 0 Å². The van der Waals surface area contributed by atoms with Gasteiger partial charge in [-0.1, -0.05) is 12.1 Å². The number of hydrogen-bond acceptors (Lipinski definition) is 3. The van der Waals surface area contributed by atoms with Crippen molar-refractivity contribution in [2.45, 2.75) is 30.5 Å². The summed E-state index contributed by atoms with van der Waals surface area (Å²) in [7, 11) is 0. The highest BCUT2D eigenvalue weighted by atomic mass is 32.2. The number of benzene rings is 2. The van der Waals surface area contributed by atoms with Crippen LogP contribution in [0.15, 0.2) is 47.4 Å². The Balaban J connectivity index is 1.76. The number of halogens is 3. The molecule has 0 bridgehead atoms. The molecule has 0 radical (unpaired) electrons. The van der Waals surface area contributed by atoms with Crippen molar-refractivity contribution in [1.29, 1.82) is 0 Å². The van der Waals surface area contributed by atoms with E-state index in [1.54, 1.807) is 25.1 Å². The number of fused-ring (bicyclic) bond motifs is 1. The topological polar surface area (TPSA) is 58.2 Å². The summed E-state index contributed by atoms with van der Waals surface area (Å²) in [5.41, 5.74) is 0.500. The van der Waals surface area contributed by atoms with Crippen LogP contribution in [0.5, 0.6) is 0 Å². The quantitative estimate of drug-likeness (QED) is 0.798. The number of rotatable bonds is 3. The molecule has 27 heavy (non-hydrogen) atoms. The standard InChI is InChI=1S/C19H17F3N2O2S/c1-11(12-3-2-4-14(9-12)19(20,21)22)23-18(26)13-5-6-16-15(10-13)24-17(25)7-8-27-16/h2-6,9-11H,7-8H2,1H3,(H,23,26)(H,24,25). The molecule has 1 heterocycles. The van der Waals surface area contributed by atoms with Crippen molar-refractivity contribution in [3.8, 4) is 0 Å². The molecule has 0 aliphatic carbocycles. The summed E-state index contributed by atoms with van der Waals surface area (Å²) in [5.74, 6) is 0.124. The van der Waals surface area contributed by atoms with Gasteiger partial charge in [0.1, 0.15) is 0 Å². The summed E-state index contributed by atoms with van der Waals surface area (Å²) >= 11 is 1.53. The molecule has 2 N–H and O–H groups in total. The van der Waals surface area contributed by atoms with E-state index in [9.17, 15) is 22.8 Å². The van der Waals surface area contributed by atoms with Crippen molar-refractivity contribution in [2.75, 3.05) is 11.1 Å². The zero-order valence-corrected chi connectivity index (χ0v) is 15.2. The Morgan fingerprint density at radius 2 is 2.00 bits per heavy atom. The Hall–Kier alpha value is -2.48. The minimum Gasteiger partial charge on any atom is -0.346 e. The molecule has 8 heteroatoms. The SMILES string of the molecule is CC(NC(=O)c1ccc2c(c1)NC(=O)CCS2)c1cccc(C(F)(F)F)c1. The summed E-state index contributed by atoms with van der Waals surface area (Å²) < 4.78 is 38.6. The molecule has 0 aromatic heterocycles. The van der Waals surface area contributed by atoms with Gasteiger partial charge in [0, 0.05) is 22.6 Å². The van der Waals surface area contributed by atoms with Crippen LogP contribution in [-0.4, -0.2) is 17.6 Å². The summed E-state index contributed by atoms with van der Waals surface area (Å²) in [4.78, 5) is 25.1. The maximum Gasteiger partial charge on any atom is 0.416 e. The van der Waals surface area contributed by atoms with Gasteiger partial charge >= 0.3 is 6.18 Å². The lowest BCUT2D eigenvalue weighted by molar-refractivity contribution is -0.137. The molecule has 1 unspecified atom stereocenters. The molecule has 2 aromatic rings. The first kappa shape index (κ1) is 19.3. The van der Waals surface area contributed by atoms with Crippen LogP contribution in [-0.2, 0) is 11.0 Å². The maximum absolute atomic E-state index is 12.9. The Morgan fingerprint density at radius 1 is 1.22 bits per heavy atom. The molecule has 0 saturated heterocycles. The van der Waals surface area contributed by atoms with Gasteiger partial charge in [0.05, 0.1) is 17.3 Å². The molecular formula is C19H17F3N2O2S. The Kier molecular flexibility index (Phi) is 5.46. The van der Waals surface area contributed by atoms with E-state index in [1.807, 2.05) is 0 Å². The maximum atomic E-state index is 12.9. The van der Waals surface area contributed by atoms with E-state index in [2.05, 4.69) is 10.6 Å². The molecule has 0 spiro atoms. The normalized spacial score (nSPS) is 15.3. The van der Waals surface area contributed by atoms with Crippen LogP contribution in [0, 0.1) is 0 Å². The Bertz CT molecular complexity index is 883. The van der Waals surface area contributed by atoms with Crippen LogP contribution in [0.4, 0.5) is 18.9 Å². The summed E-state index contributed by atoms with van der Waals surface area (Å²) in [6.45, 7) is 1.62. The van der Waals surface area contributed by atoms with Crippen molar-refractivity contribution in [3.05, 3.63) is 59.2 Å². The average molecular weight is 394 g/mol. The highest BCUT2D eigenvalue weighted by Crippen LogP contribution is 2.32. The van der Waals surface area contributed by atoms with Crippen molar-refractivity contribution in [2.24, 2.45) is 0 Å². The van der Waals surface area contributed by atoms with Crippen molar-refractivity contribution < 1.29 is 22.8 Å². The lowest BCUT2D eigenvalue weighted by atomic mass is 10.0. The number of alkyl halides is 3. The molecule has 3 rings (SSSR count). The fourth-order valence-corrected chi connectivity index (χ4v) is 3.65. The van der Waals surface area contributed by atoms with E-state index in [0.717, 1.165) is 17.0 Å². The molecule has 0 saturated carbocycles. The minimum absolute atomic E-state index is 0.115. The van der Waals surface area contributed by atoms with Crippen LogP contribution in [0.25, 0.3) is 0 Å². The van der Waals surface area contributed by atoms with Crippen LogP contribution >= 0.6 is 11.8 Å². The fourth-order valence-electron chi connectivity index (χ4n) is 2.71. The Morgan fingerprint density at radius 3 is 2.74 bits per heavy atom.